The van der Waals surface area contributed by atoms with Crippen molar-refractivity contribution in [2.24, 2.45) is 0 Å². The molecule has 0 saturated carbocycles. The van der Waals surface area contributed by atoms with Crippen LogP contribution >= 0.6 is 0 Å². The third-order valence-corrected chi connectivity index (χ3v) is 3.89. The van der Waals surface area contributed by atoms with Gasteiger partial charge in [0.1, 0.15) is 0 Å². The second-order valence-corrected chi connectivity index (χ2v) is 5.94. The topological polar surface area (TPSA) is 24.5 Å². The van der Waals surface area contributed by atoms with Crippen LogP contribution in [0.25, 0.3) is 0 Å². The van der Waals surface area contributed by atoms with Gasteiger partial charge in [-0.05, 0) is 25.0 Å². The maximum absolute atomic E-state index is 5.56. The number of methoxy groups -OCH3 is 1. The van der Waals surface area contributed by atoms with Gasteiger partial charge in [-0.3, -0.25) is 4.90 Å². The van der Waals surface area contributed by atoms with Gasteiger partial charge in [0.2, 0.25) is 0 Å². The lowest BCUT2D eigenvalue weighted by Crippen LogP contribution is -2.43. The lowest BCUT2D eigenvalue weighted by atomic mass is 9.94. The Bertz CT molecular complexity index is 397. The molecule has 1 fully saturated rings. The highest BCUT2D eigenvalue weighted by molar-refractivity contribution is 5.28. The molecule has 0 radical (unpaired) electrons. The summed E-state index contributed by atoms with van der Waals surface area (Å²) in [5.41, 5.74) is 2.75. The number of piperazine rings is 1. The molecule has 1 saturated heterocycles. The molecular formula is C16H26N2O. The van der Waals surface area contributed by atoms with Crippen LogP contribution in [0.3, 0.4) is 0 Å². The first kappa shape index (κ1) is 14.5. The molecule has 2 rings (SSSR count). The Morgan fingerprint density at radius 2 is 1.79 bits per heavy atom. The van der Waals surface area contributed by atoms with Crippen LogP contribution in [0.1, 0.15) is 25.0 Å². The van der Waals surface area contributed by atoms with Crippen LogP contribution in [0.4, 0.5) is 0 Å². The van der Waals surface area contributed by atoms with Gasteiger partial charge >= 0.3 is 0 Å². The molecule has 1 heterocycles. The smallest absolute Gasteiger partial charge is 0.0663 e. The summed E-state index contributed by atoms with van der Waals surface area (Å²) in [5.74, 6) is 0. The molecule has 3 heteroatoms. The maximum atomic E-state index is 5.56. The molecule has 0 amide bonds. The van der Waals surface area contributed by atoms with Gasteiger partial charge in [0.15, 0.2) is 0 Å². The minimum absolute atomic E-state index is 0.0977. The number of hydrogen-bond acceptors (Lipinski definition) is 3. The number of nitrogens with zero attached hydrogens (tertiary/aromatic N) is 1. The normalized spacial score (nSPS) is 17.6. The Kier molecular flexibility index (Phi) is 4.97. The zero-order chi connectivity index (χ0) is 13.7. The van der Waals surface area contributed by atoms with Crippen molar-refractivity contribution in [3.8, 4) is 0 Å². The van der Waals surface area contributed by atoms with E-state index < -0.39 is 0 Å². The van der Waals surface area contributed by atoms with Crippen molar-refractivity contribution in [3.05, 3.63) is 35.4 Å². The highest BCUT2D eigenvalue weighted by Crippen LogP contribution is 2.20. The fourth-order valence-electron chi connectivity index (χ4n) is 2.53. The van der Waals surface area contributed by atoms with E-state index in [0.717, 1.165) is 39.1 Å². The molecule has 0 aliphatic carbocycles. The van der Waals surface area contributed by atoms with Gasteiger partial charge < -0.3 is 10.1 Å². The first-order chi connectivity index (χ1) is 9.11. The molecule has 1 aromatic carbocycles. The lowest BCUT2D eigenvalue weighted by molar-refractivity contribution is 0.0229. The van der Waals surface area contributed by atoms with Crippen LogP contribution in [-0.2, 0) is 17.7 Å². The van der Waals surface area contributed by atoms with Crippen LogP contribution in [0.2, 0.25) is 0 Å². The predicted molar refractivity (Wildman–Crippen MR) is 79.4 cm³/mol. The van der Waals surface area contributed by atoms with Crippen molar-refractivity contribution in [3.63, 3.8) is 0 Å². The van der Waals surface area contributed by atoms with Gasteiger partial charge in [-0.15, -0.1) is 0 Å². The van der Waals surface area contributed by atoms with E-state index in [1.807, 2.05) is 0 Å². The lowest BCUT2D eigenvalue weighted by Gasteiger charge is -2.29. The highest BCUT2D eigenvalue weighted by Gasteiger charge is 2.19. The molecule has 0 atom stereocenters. The SMILES string of the molecule is COC(C)(C)Cc1ccccc1CN1CCNCC1. The molecule has 1 aliphatic heterocycles. The van der Waals surface area contributed by atoms with Crippen LogP contribution in [-0.4, -0.2) is 43.8 Å². The van der Waals surface area contributed by atoms with Gasteiger partial charge in [0.05, 0.1) is 5.60 Å². The summed E-state index contributed by atoms with van der Waals surface area (Å²) in [6.07, 6.45) is 0.964. The molecule has 19 heavy (non-hydrogen) atoms. The van der Waals surface area contributed by atoms with Crippen molar-refractivity contribution in [2.45, 2.75) is 32.4 Å². The highest BCUT2D eigenvalue weighted by atomic mass is 16.5. The van der Waals surface area contributed by atoms with Crippen LogP contribution in [0.15, 0.2) is 24.3 Å². The molecule has 1 N–H and O–H groups in total. The monoisotopic (exact) mass is 262 g/mol. The van der Waals surface area contributed by atoms with E-state index in [0.29, 0.717) is 0 Å². The van der Waals surface area contributed by atoms with Gasteiger partial charge in [0, 0.05) is 46.3 Å². The quantitative estimate of drug-likeness (QED) is 0.879. The van der Waals surface area contributed by atoms with Crippen LogP contribution in [0, 0.1) is 0 Å². The average Bonchev–Trinajstić information content (AvgIpc) is 2.42. The van der Waals surface area contributed by atoms with Crippen molar-refractivity contribution < 1.29 is 4.74 Å². The number of rotatable bonds is 5. The van der Waals surface area contributed by atoms with E-state index in [4.69, 9.17) is 4.74 Å². The van der Waals surface area contributed by atoms with Gasteiger partial charge in [0.25, 0.3) is 0 Å². The number of benzene rings is 1. The summed E-state index contributed by atoms with van der Waals surface area (Å²) < 4.78 is 5.56. The molecule has 3 nitrogen and oxygen atoms in total. The van der Waals surface area contributed by atoms with Crippen LogP contribution in [0.5, 0.6) is 0 Å². The summed E-state index contributed by atoms with van der Waals surface area (Å²) in [7, 11) is 1.79. The molecule has 1 aliphatic rings. The molecule has 0 spiro atoms. The van der Waals surface area contributed by atoms with E-state index >= 15 is 0 Å². The minimum atomic E-state index is -0.0977. The summed E-state index contributed by atoms with van der Waals surface area (Å²) in [5, 5.41) is 3.40. The summed E-state index contributed by atoms with van der Waals surface area (Å²) >= 11 is 0. The van der Waals surface area contributed by atoms with Crippen molar-refractivity contribution in [2.75, 3.05) is 33.3 Å². The minimum Gasteiger partial charge on any atom is -0.378 e. The van der Waals surface area contributed by atoms with Gasteiger partial charge in [-0.1, -0.05) is 24.3 Å². The van der Waals surface area contributed by atoms with Crippen LogP contribution < -0.4 is 5.32 Å². The maximum Gasteiger partial charge on any atom is 0.0663 e. The first-order valence-electron chi connectivity index (χ1n) is 7.16. The number of nitrogens with one attached hydrogen (secondary N) is 1. The Morgan fingerprint density at radius 1 is 1.16 bits per heavy atom. The summed E-state index contributed by atoms with van der Waals surface area (Å²) in [4.78, 5) is 2.52. The second-order valence-electron chi connectivity index (χ2n) is 5.94. The van der Waals surface area contributed by atoms with E-state index in [9.17, 15) is 0 Å². The first-order valence-corrected chi connectivity index (χ1v) is 7.16. The number of ether oxygens (including phenoxy) is 1. The predicted octanol–water partition coefficient (Wildman–Crippen LogP) is 2.06. The number of hydrogen-bond donors (Lipinski definition) is 1. The van der Waals surface area contributed by atoms with E-state index in [1.165, 1.54) is 11.1 Å². The second kappa shape index (κ2) is 6.51. The summed E-state index contributed by atoms with van der Waals surface area (Å²) in [6, 6.07) is 8.75. The molecule has 1 aromatic rings. The molecule has 106 valence electrons. The standard InChI is InChI=1S/C16H26N2O/c1-16(2,19-3)12-14-6-4-5-7-15(14)13-18-10-8-17-9-11-18/h4-7,17H,8-13H2,1-3H3. The molecule has 0 bridgehead atoms. The summed E-state index contributed by atoms with van der Waals surface area (Å²) in [6.45, 7) is 9.84. The van der Waals surface area contributed by atoms with Crippen molar-refractivity contribution >= 4 is 0 Å². The zero-order valence-electron chi connectivity index (χ0n) is 12.4. The zero-order valence-corrected chi connectivity index (χ0v) is 12.4. The Morgan fingerprint density at radius 3 is 2.42 bits per heavy atom. The van der Waals surface area contributed by atoms with Crippen molar-refractivity contribution in [1.29, 1.82) is 0 Å². The molecule has 0 aromatic heterocycles. The fourth-order valence-corrected chi connectivity index (χ4v) is 2.53. The van der Waals surface area contributed by atoms with Gasteiger partial charge in [-0.2, -0.15) is 0 Å². The van der Waals surface area contributed by atoms with E-state index in [2.05, 4.69) is 48.3 Å². The fraction of sp³-hybridized carbons (Fsp3) is 0.625. The molecular weight excluding hydrogens is 236 g/mol. The third kappa shape index (κ3) is 4.30. The Balaban J connectivity index is 2.07. The molecule has 0 unspecified atom stereocenters. The van der Waals surface area contributed by atoms with Gasteiger partial charge in [-0.25, -0.2) is 0 Å². The van der Waals surface area contributed by atoms with Crippen molar-refractivity contribution in [1.82, 2.24) is 10.2 Å². The largest absolute Gasteiger partial charge is 0.378 e. The van der Waals surface area contributed by atoms with E-state index in [-0.39, 0.29) is 5.60 Å². The third-order valence-electron chi connectivity index (χ3n) is 3.89. The Hall–Kier alpha value is -0.900. The Labute approximate surface area is 116 Å². The average molecular weight is 262 g/mol. The van der Waals surface area contributed by atoms with E-state index in [1.54, 1.807) is 7.11 Å².